The van der Waals surface area contributed by atoms with Gasteiger partial charge in [0.25, 0.3) is 5.91 Å². The number of nitro groups is 1. The van der Waals surface area contributed by atoms with E-state index in [1.807, 2.05) is 0 Å². The first-order chi connectivity index (χ1) is 12.5. The van der Waals surface area contributed by atoms with Crippen LogP contribution < -0.4 is 10.1 Å². The summed E-state index contributed by atoms with van der Waals surface area (Å²) in [6.45, 7) is 4.23. The summed E-state index contributed by atoms with van der Waals surface area (Å²) in [4.78, 5) is 22.3. The molecular formula is C16H17F3N4O4. The van der Waals surface area contributed by atoms with Crippen molar-refractivity contribution in [2.45, 2.75) is 39.6 Å². The van der Waals surface area contributed by atoms with E-state index >= 15 is 0 Å². The van der Waals surface area contributed by atoms with Crippen molar-refractivity contribution < 1.29 is 27.6 Å². The Balaban J connectivity index is 2.25. The number of aromatic amines is 1. The molecular weight excluding hydrogens is 369 g/mol. The van der Waals surface area contributed by atoms with Gasteiger partial charge in [-0.25, -0.2) is 0 Å². The number of amides is 1. The first-order valence-electron chi connectivity index (χ1n) is 7.85. The van der Waals surface area contributed by atoms with E-state index in [-0.39, 0.29) is 23.1 Å². The lowest BCUT2D eigenvalue weighted by Gasteiger charge is -2.16. The Bertz CT molecular complexity index is 862. The summed E-state index contributed by atoms with van der Waals surface area (Å²) in [5, 5.41) is 19.1. The molecule has 27 heavy (non-hydrogen) atoms. The molecule has 0 atom stereocenters. The molecule has 0 aliphatic heterocycles. The lowest BCUT2D eigenvalue weighted by molar-refractivity contribution is -0.385. The zero-order chi connectivity index (χ0) is 20.4. The Labute approximate surface area is 151 Å². The van der Waals surface area contributed by atoms with Gasteiger partial charge in [-0.1, -0.05) is 6.07 Å². The predicted octanol–water partition coefficient (Wildman–Crippen LogP) is 3.36. The van der Waals surface area contributed by atoms with Crippen molar-refractivity contribution in [3.63, 3.8) is 0 Å². The average molecular weight is 386 g/mol. The molecule has 1 amide bonds. The molecule has 1 heterocycles. The molecule has 0 bridgehead atoms. The third-order valence-electron chi connectivity index (χ3n) is 3.51. The Morgan fingerprint density at radius 3 is 2.63 bits per heavy atom. The van der Waals surface area contributed by atoms with Crippen LogP contribution in [-0.4, -0.2) is 27.1 Å². The lowest BCUT2D eigenvalue weighted by atomic mass is 10.1. The monoisotopic (exact) mass is 386 g/mol. The fraction of sp³-hybridized carbons (Fsp3) is 0.375. The highest BCUT2D eigenvalue weighted by molar-refractivity contribution is 5.96. The number of carbonyl (C=O) groups is 1. The maximum atomic E-state index is 13.3. The van der Waals surface area contributed by atoms with Crippen LogP contribution in [0.3, 0.4) is 0 Å². The minimum atomic E-state index is -4.66. The van der Waals surface area contributed by atoms with Gasteiger partial charge in [-0.2, -0.15) is 18.3 Å². The van der Waals surface area contributed by atoms with Crippen LogP contribution in [0.2, 0.25) is 0 Å². The SMILES string of the molecule is Cc1[nH]nc(C(=O)NCc2ccc(OC(C)C)cc2C(F)(F)F)c1[N+](=O)[O-]. The number of hydrogen-bond acceptors (Lipinski definition) is 5. The highest BCUT2D eigenvalue weighted by Crippen LogP contribution is 2.34. The van der Waals surface area contributed by atoms with E-state index in [9.17, 15) is 28.1 Å². The van der Waals surface area contributed by atoms with Crippen molar-refractivity contribution in [2.75, 3.05) is 0 Å². The largest absolute Gasteiger partial charge is 0.491 e. The minimum absolute atomic E-state index is 0.0472. The Morgan fingerprint density at radius 1 is 1.41 bits per heavy atom. The maximum Gasteiger partial charge on any atom is 0.416 e. The van der Waals surface area contributed by atoms with Gasteiger partial charge in [-0.15, -0.1) is 0 Å². The van der Waals surface area contributed by atoms with Gasteiger partial charge < -0.3 is 10.1 Å². The minimum Gasteiger partial charge on any atom is -0.491 e. The number of halogens is 3. The van der Waals surface area contributed by atoms with Gasteiger partial charge in [0.1, 0.15) is 11.4 Å². The van der Waals surface area contributed by atoms with Gasteiger partial charge in [0.2, 0.25) is 5.69 Å². The molecule has 2 N–H and O–H groups in total. The summed E-state index contributed by atoms with van der Waals surface area (Å²) < 4.78 is 45.2. The number of nitrogens with zero attached hydrogens (tertiary/aromatic N) is 2. The summed E-state index contributed by atoms with van der Waals surface area (Å²) in [6.07, 6.45) is -4.97. The molecule has 1 aromatic heterocycles. The summed E-state index contributed by atoms with van der Waals surface area (Å²) >= 11 is 0. The molecule has 0 fully saturated rings. The van der Waals surface area contributed by atoms with Gasteiger partial charge >= 0.3 is 11.9 Å². The Kier molecular flexibility index (Phi) is 5.72. The van der Waals surface area contributed by atoms with Crippen molar-refractivity contribution in [3.05, 3.63) is 50.8 Å². The molecule has 0 spiro atoms. The number of H-pyrrole nitrogens is 1. The average Bonchev–Trinajstić information content (AvgIpc) is 2.93. The van der Waals surface area contributed by atoms with Gasteiger partial charge in [-0.05, 0) is 38.5 Å². The van der Waals surface area contributed by atoms with E-state index < -0.39 is 40.5 Å². The standard InChI is InChI=1S/C16H17F3N4O4/c1-8(2)27-11-5-4-10(12(6-11)16(17,18)19)7-20-15(24)13-14(23(25)26)9(3)21-22-13/h4-6,8H,7H2,1-3H3,(H,20,24)(H,21,22). The van der Waals surface area contributed by atoms with Crippen LogP contribution >= 0.6 is 0 Å². The van der Waals surface area contributed by atoms with E-state index in [2.05, 4.69) is 15.5 Å². The molecule has 1 aromatic carbocycles. The zero-order valence-electron chi connectivity index (χ0n) is 14.7. The third kappa shape index (κ3) is 4.74. The number of rotatable bonds is 6. The van der Waals surface area contributed by atoms with Crippen molar-refractivity contribution >= 4 is 11.6 Å². The molecule has 2 rings (SSSR count). The first-order valence-corrected chi connectivity index (χ1v) is 7.85. The van der Waals surface area contributed by atoms with Crippen LogP contribution in [0.25, 0.3) is 0 Å². The number of ether oxygens (including phenoxy) is 1. The van der Waals surface area contributed by atoms with Crippen LogP contribution in [0.4, 0.5) is 18.9 Å². The molecule has 0 aliphatic rings. The molecule has 0 radical (unpaired) electrons. The van der Waals surface area contributed by atoms with Crippen LogP contribution in [0.5, 0.6) is 5.75 Å². The smallest absolute Gasteiger partial charge is 0.416 e. The van der Waals surface area contributed by atoms with Crippen molar-refractivity contribution in [3.8, 4) is 5.75 Å². The number of nitrogens with one attached hydrogen (secondary N) is 2. The second-order valence-corrected chi connectivity index (χ2v) is 5.97. The molecule has 0 unspecified atom stereocenters. The fourth-order valence-electron chi connectivity index (χ4n) is 2.38. The van der Waals surface area contributed by atoms with Crippen molar-refractivity contribution in [1.82, 2.24) is 15.5 Å². The molecule has 0 saturated heterocycles. The van der Waals surface area contributed by atoms with Crippen LogP contribution in [-0.2, 0) is 12.7 Å². The molecule has 0 aliphatic carbocycles. The molecule has 11 heteroatoms. The van der Waals surface area contributed by atoms with E-state index in [4.69, 9.17) is 4.74 Å². The van der Waals surface area contributed by atoms with Crippen LogP contribution in [0.15, 0.2) is 18.2 Å². The number of alkyl halides is 3. The van der Waals surface area contributed by atoms with Gasteiger partial charge in [0, 0.05) is 6.54 Å². The lowest BCUT2D eigenvalue weighted by Crippen LogP contribution is -2.25. The maximum absolute atomic E-state index is 13.3. The number of aromatic nitrogens is 2. The number of hydrogen-bond donors (Lipinski definition) is 2. The van der Waals surface area contributed by atoms with Gasteiger partial charge in [0.05, 0.1) is 16.6 Å². The van der Waals surface area contributed by atoms with Gasteiger partial charge in [-0.3, -0.25) is 20.0 Å². The van der Waals surface area contributed by atoms with Crippen molar-refractivity contribution in [2.24, 2.45) is 0 Å². The van der Waals surface area contributed by atoms with Crippen molar-refractivity contribution in [1.29, 1.82) is 0 Å². The van der Waals surface area contributed by atoms with E-state index in [0.717, 1.165) is 6.07 Å². The second kappa shape index (κ2) is 7.64. The van der Waals surface area contributed by atoms with Crippen LogP contribution in [0, 0.1) is 17.0 Å². The molecule has 2 aromatic rings. The summed E-state index contributed by atoms with van der Waals surface area (Å²) in [6, 6.07) is 3.39. The Hall–Kier alpha value is -3.11. The van der Waals surface area contributed by atoms with E-state index in [1.54, 1.807) is 13.8 Å². The third-order valence-corrected chi connectivity index (χ3v) is 3.51. The molecule has 146 valence electrons. The normalized spacial score (nSPS) is 11.5. The predicted molar refractivity (Wildman–Crippen MR) is 88.4 cm³/mol. The highest BCUT2D eigenvalue weighted by atomic mass is 19.4. The van der Waals surface area contributed by atoms with E-state index in [1.165, 1.54) is 19.1 Å². The Morgan fingerprint density at radius 2 is 2.07 bits per heavy atom. The number of aryl methyl sites for hydroxylation is 1. The summed E-state index contributed by atoms with van der Waals surface area (Å²) in [5.74, 6) is -0.910. The second-order valence-electron chi connectivity index (χ2n) is 5.97. The molecule has 8 nitrogen and oxygen atoms in total. The zero-order valence-corrected chi connectivity index (χ0v) is 14.7. The highest BCUT2D eigenvalue weighted by Gasteiger charge is 2.34. The first kappa shape index (κ1) is 20.2. The number of carbonyl (C=O) groups excluding carboxylic acids is 1. The van der Waals surface area contributed by atoms with Gasteiger partial charge in [0.15, 0.2) is 0 Å². The summed E-state index contributed by atoms with van der Waals surface area (Å²) in [5.41, 5.74) is -2.12. The topological polar surface area (TPSA) is 110 Å². The summed E-state index contributed by atoms with van der Waals surface area (Å²) in [7, 11) is 0. The fourth-order valence-corrected chi connectivity index (χ4v) is 2.38. The van der Waals surface area contributed by atoms with Crippen LogP contribution in [0.1, 0.15) is 41.2 Å². The quantitative estimate of drug-likeness (QED) is 0.584. The van der Waals surface area contributed by atoms with E-state index in [0.29, 0.717) is 0 Å². The molecule has 0 saturated carbocycles. The number of benzene rings is 1.